The predicted octanol–water partition coefficient (Wildman–Crippen LogP) is 1.14. The molecule has 18 heavy (non-hydrogen) atoms. The van der Waals surface area contributed by atoms with E-state index in [2.05, 4.69) is 5.32 Å². The highest BCUT2D eigenvalue weighted by Crippen LogP contribution is 2.25. The summed E-state index contributed by atoms with van der Waals surface area (Å²) in [5.41, 5.74) is 0. The van der Waals surface area contributed by atoms with Gasteiger partial charge in [-0.05, 0) is 32.6 Å². The first-order valence-corrected chi connectivity index (χ1v) is 7.32. The highest BCUT2D eigenvalue weighted by molar-refractivity contribution is 5.76. The Bertz CT molecular complexity index is 290. The summed E-state index contributed by atoms with van der Waals surface area (Å²) in [4.78, 5) is 14.0. The Labute approximate surface area is 110 Å². The number of likely N-dealkylation sites (tertiary alicyclic amines) is 1. The van der Waals surface area contributed by atoms with E-state index < -0.39 is 0 Å². The van der Waals surface area contributed by atoms with Crippen LogP contribution in [0.25, 0.3) is 0 Å². The van der Waals surface area contributed by atoms with Crippen LogP contribution in [0.4, 0.5) is 0 Å². The molecule has 1 saturated heterocycles. The molecular weight excluding hydrogens is 228 g/mol. The molecule has 3 unspecified atom stereocenters. The second-order valence-electron chi connectivity index (χ2n) is 5.92. The second-order valence-corrected chi connectivity index (χ2v) is 5.92. The molecule has 0 radical (unpaired) electrons. The molecule has 0 bridgehead atoms. The van der Waals surface area contributed by atoms with Crippen LogP contribution in [0.3, 0.4) is 0 Å². The van der Waals surface area contributed by atoms with Gasteiger partial charge in [-0.3, -0.25) is 4.79 Å². The largest absolute Gasteiger partial charge is 0.393 e. The molecule has 1 aliphatic heterocycles. The third-order valence-electron chi connectivity index (χ3n) is 4.03. The van der Waals surface area contributed by atoms with E-state index in [9.17, 15) is 9.90 Å². The van der Waals surface area contributed by atoms with Crippen LogP contribution in [-0.4, -0.2) is 47.2 Å². The fraction of sp³-hybridized carbons (Fsp3) is 0.929. The first-order valence-electron chi connectivity index (χ1n) is 7.32. The first kappa shape index (κ1) is 13.8. The van der Waals surface area contributed by atoms with E-state index in [4.69, 9.17) is 0 Å². The number of aliphatic hydroxyl groups excluding tert-OH is 1. The lowest BCUT2D eigenvalue weighted by Gasteiger charge is -2.39. The summed E-state index contributed by atoms with van der Waals surface area (Å²) in [6.07, 6.45) is 4.71. The Hall–Kier alpha value is -0.610. The summed E-state index contributed by atoms with van der Waals surface area (Å²) >= 11 is 0. The average Bonchev–Trinajstić information content (AvgIpc) is 3.12. The van der Waals surface area contributed by atoms with Gasteiger partial charge in [-0.2, -0.15) is 0 Å². The standard InChI is InChI=1S/C14H26N2O2/c1-3-4-14(18)16-8-11(10(2)17)7-13(9-16)15-12-5-6-12/h10-13,15,17H,3-9H2,1-2H3. The van der Waals surface area contributed by atoms with Crippen molar-refractivity contribution < 1.29 is 9.90 Å². The number of hydrogen-bond donors (Lipinski definition) is 2. The summed E-state index contributed by atoms with van der Waals surface area (Å²) in [5, 5.41) is 13.4. The van der Waals surface area contributed by atoms with Crippen molar-refractivity contribution in [3.05, 3.63) is 0 Å². The molecule has 104 valence electrons. The van der Waals surface area contributed by atoms with Gasteiger partial charge in [0.05, 0.1) is 6.10 Å². The van der Waals surface area contributed by atoms with Crippen LogP contribution in [0.15, 0.2) is 0 Å². The van der Waals surface area contributed by atoms with E-state index in [0.29, 0.717) is 18.5 Å². The van der Waals surface area contributed by atoms with Crippen molar-refractivity contribution in [2.24, 2.45) is 5.92 Å². The molecule has 0 spiro atoms. The van der Waals surface area contributed by atoms with Crippen LogP contribution in [0.1, 0.15) is 46.0 Å². The molecule has 1 amide bonds. The highest BCUT2D eigenvalue weighted by atomic mass is 16.3. The number of nitrogens with one attached hydrogen (secondary N) is 1. The smallest absolute Gasteiger partial charge is 0.222 e. The Kier molecular flexibility index (Phi) is 4.62. The quantitative estimate of drug-likeness (QED) is 0.773. The summed E-state index contributed by atoms with van der Waals surface area (Å²) in [6.45, 7) is 5.42. The molecule has 2 aliphatic rings. The average molecular weight is 254 g/mol. The van der Waals surface area contributed by atoms with E-state index in [1.165, 1.54) is 12.8 Å². The molecular formula is C14H26N2O2. The van der Waals surface area contributed by atoms with Gasteiger partial charge >= 0.3 is 0 Å². The molecule has 0 aromatic heterocycles. The summed E-state index contributed by atoms with van der Waals surface area (Å²) in [7, 11) is 0. The number of aliphatic hydroxyl groups is 1. The zero-order valence-electron chi connectivity index (χ0n) is 11.6. The number of carbonyl (C=O) groups is 1. The van der Waals surface area contributed by atoms with E-state index >= 15 is 0 Å². The van der Waals surface area contributed by atoms with Gasteiger partial charge in [-0.15, -0.1) is 0 Å². The van der Waals surface area contributed by atoms with Crippen molar-refractivity contribution in [2.45, 2.75) is 64.1 Å². The fourth-order valence-electron chi connectivity index (χ4n) is 2.77. The van der Waals surface area contributed by atoms with Gasteiger partial charge in [-0.25, -0.2) is 0 Å². The summed E-state index contributed by atoms with van der Waals surface area (Å²) in [6, 6.07) is 1.03. The van der Waals surface area contributed by atoms with Gasteiger partial charge in [0.25, 0.3) is 0 Å². The number of amides is 1. The van der Waals surface area contributed by atoms with Gasteiger partial charge in [0, 0.05) is 37.5 Å². The number of nitrogens with zero attached hydrogens (tertiary/aromatic N) is 1. The van der Waals surface area contributed by atoms with Crippen molar-refractivity contribution in [2.75, 3.05) is 13.1 Å². The Morgan fingerprint density at radius 3 is 2.67 bits per heavy atom. The molecule has 2 N–H and O–H groups in total. The molecule has 1 heterocycles. The normalized spacial score (nSPS) is 30.3. The van der Waals surface area contributed by atoms with Crippen molar-refractivity contribution in [3.8, 4) is 0 Å². The van der Waals surface area contributed by atoms with Crippen LogP contribution < -0.4 is 5.32 Å². The molecule has 2 fully saturated rings. The van der Waals surface area contributed by atoms with E-state index in [1.54, 1.807) is 0 Å². The molecule has 2 rings (SSSR count). The maximum atomic E-state index is 12.0. The second kappa shape index (κ2) is 6.02. The van der Waals surface area contributed by atoms with Crippen LogP contribution in [0.5, 0.6) is 0 Å². The van der Waals surface area contributed by atoms with Gasteiger partial charge in [0.15, 0.2) is 0 Å². The minimum atomic E-state index is -0.328. The molecule has 4 nitrogen and oxygen atoms in total. The SMILES string of the molecule is CCCC(=O)N1CC(NC2CC2)CC(C(C)O)C1. The monoisotopic (exact) mass is 254 g/mol. The lowest BCUT2D eigenvalue weighted by Crippen LogP contribution is -2.53. The van der Waals surface area contributed by atoms with E-state index in [-0.39, 0.29) is 17.9 Å². The van der Waals surface area contributed by atoms with Gasteiger partial charge in [0.1, 0.15) is 0 Å². The fourth-order valence-corrected chi connectivity index (χ4v) is 2.77. The van der Waals surface area contributed by atoms with Crippen molar-refractivity contribution in [3.63, 3.8) is 0 Å². The molecule has 3 atom stereocenters. The Morgan fingerprint density at radius 2 is 2.11 bits per heavy atom. The maximum Gasteiger partial charge on any atom is 0.222 e. The molecule has 1 saturated carbocycles. The minimum absolute atomic E-state index is 0.218. The number of rotatable bonds is 5. The van der Waals surface area contributed by atoms with Gasteiger partial charge < -0.3 is 15.3 Å². The molecule has 0 aromatic rings. The number of piperidine rings is 1. The molecule has 0 aromatic carbocycles. The van der Waals surface area contributed by atoms with E-state index in [0.717, 1.165) is 25.9 Å². The third kappa shape index (κ3) is 3.69. The predicted molar refractivity (Wildman–Crippen MR) is 71.2 cm³/mol. The van der Waals surface area contributed by atoms with Crippen molar-refractivity contribution in [1.29, 1.82) is 0 Å². The zero-order valence-corrected chi connectivity index (χ0v) is 11.6. The lowest BCUT2D eigenvalue weighted by molar-refractivity contribution is -0.134. The number of carbonyl (C=O) groups excluding carboxylic acids is 1. The topological polar surface area (TPSA) is 52.6 Å². The van der Waals surface area contributed by atoms with Gasteiger partial charge in [0.2, 0.25) is 5.91 Å². The van der Waals surface area contributed by atoms with Crippen LogP contribution in [-0.2, 0) is 4.79 Å². The van der Waals surface area contributed by atoms with Crippen molar-refractivity contribution >= 4 is 5.91 Å². The first-order chi connectivity index (χ1) is 8.60. The number of hydrogen-bond acceptors (Lipinski definition) is 3. The molecule has 1 aliphatic carbocycles. The summed E-state index contributed by atoms with van der Waals surface area (Å²) in [5.74, 6) is 0.459. The van der Waals surface area contributed by atoms with Crippen LogP contribution >= 0.6 is 0 Å². The van der Waals surface area contributed by atoms with Crippen LogP contribution in [0, 0.1) is 5.92 Å². The van der Waals surface area contributed by atoms with Crippen LogP contribution in [0.2, 0.25) is 0 Å². The van der Waals surface area contributed by atoms with Gasteiger partial charge in [-0.1, -0.05) is 6.92 Å². The molecule has 4 heteroatoms. The third-order valence-corrected chi connectivity index (χ3v) is 4.03. The van der Waals surface area contributed by atoms with Crippen molar-refractivity contribution in [1.82, 2.24) is 10.2 Å². The maximum absolute atomic E-state index is 12.0. The van der Waals surface area contributed by atoms with E-state index in [1.807, 2.05) is 18.7 Å². The highest BCUT2D eigenvalue weighted by Gasteiger charge is 2.34. The summed E-state index contributed by atoms with van der Waals surface area (Å²) < 4.78 is 0. The zero-order chi connectivity index (χ0) is 13.1. The Morgan fingerprint density at radius 1 is 1.39 bits per heavy atom. The lowest BCUT2D eigenvalue weighted by atomic mass is 9.90. The Balaban J connectivity index is 1.93. The minimum Gasteiger partial charge on any atom is -0.393 e.